The fourth-order valence-corrected chi connectivity index (χ4v) is 2.35. The van der Waals surface area contributed by atoms with Crippen molar-refractivity contribution < 1.29 is 14.0 Å². The Morgan fingerprint density at radius 3 is 2.42 bits per heavy atom. The summed E-state index contributed by atoms with van der Waals surface area (Å²) in [5.74, 6) is 0.590. The molecule has 0 unspecified atom stereocenters. The van der Waals surface area contributed by atoms with Crippen molar-refractivity contribution >= 4 is 14.3 Å². The lowest BCUT2D eigenvalue weighted by Gasteiger charge is -2.36. The van der Waals surface area contributed by atoms with Crippen LogP contribution in [0.4, 0.5) is 0 Å². The number of carbonyl (C=O) groups excluding carboxylic acids is 1. The van der Waals surface area contributed by atoms with Gasteiger partial charge in [-0.2, -0.15) is 0 Å². The normalized spacial score (nSPS) is 12.1. The summed E-state index contributed by atoms with van der Waals surface area (Å²) in [7, 11) is -1.82. The van der Waals surface area contributed by atoms with Gasteiger partial charge in [0.2, 0.25) is 8.32 Å². The second-order valence-corrected chi connectivity index (χ2v) is 11.0. The molecule has 0 spiro atoms. The van der Waals surface area contributed by atoms with Gasteiger partial charge in [-0.15, -0.1) is 0 Å². The zero-order chi connectivity index (χ0) is 14.7. The maximum Gasteiger partial charge on any atom is 0.302 e. The van der Waals surface area contributed by atoms with Crippen LogP contribution in [0.25, 0.3) is 0 Å². The highest BCUT2D eigenvalue weighted by Gasteiger charge is 2.38. The van der Waals surface area contributed by atoms with Gasteiger partial charge in [-0.1, -0.05) is 32.9 Å². The van der Waals surface area contributed by atoms with Gasteiger partial charge >= 0.3 is 5.97 Å². The Morgan fingerprint density at radius 2 is 1.89 bits per heavy atom. The second-order valence-electron chi connectivity index (χ2n) is 6.29. The van der Waals surface area contributed by atoms with E-state index in [2.05, 4.69) is 33.9 Å². The van der Waals surface area contributed by atoms with E-state index in [0.717, 1.165) is 11.3 Å². The van der Waals surface area contributed by atoms with Gasteiger partial charge in [-0.3, -0.25) is 4.79 Å². The van der Waals surface area contributed by atoms with E-state index in [1.54, 1.807) is 0 Å². The minimum Gasteiger partial charge on any atom is -0.543 e. The summed E-state index contributed by atoms with van der Waals surface area (Å²) in [5.41, 5.74) is 0.950. The molecule has 0 bridgehead atoms. The average Bonchev–Trinajstić information content (AvgIpc) is 2.24. The molecule has 1 rings (SSSR count). The maximum atomic E-state index is 10.8. The average molecular weight is 280 g/mol. The Kier molecular flexibility index (Phi) is 4.79. The first-order valence-corrected chi connectivity index (χ1v) is 9.44. The number of ether oxygens (including phenoxy) is 1. The molecule has 19 heavy (non-hydrogen) atoms. The van der Waals surface area contributed by atoms with Crippen molar-refractivity contribution in [2.45, 2.75) is 52.4 Å². The highest BCUT2D eigenvalue weighted by molar-refractivity contribution is 6.74. The van der Waals surface area contributed by atoms with Gasteiger partial charge in [0.1, 0.15) is 12.4 Å². The molecule has 0 N–H and O–H groups in total. The molecule has 3 nitrogen and oxygen atoms in total. The van der Waals surface area contributed by atoms with E-state index < -0.39 is 8.32 Å². The molecule has 0 aromatic heterocycles. The van der Waals surface area contributed by atoms with Gasteiger partial charge in [0.25, 0.3) is 0 Å². The van der Waals surface area contributed by atoms with Crippen molar-refractivity contribution in [2.75, 3.05) is 0 Å². The summed E-state index contributed by atoms with van der Waals surface area (Å²) in [6, 6.07) is 7.77. The summed E-state index contributed by atoms with van der Waals surface area (Å²) in [5, 5.41) is 0.166. The predicted molar refractivity (Wildman–Crippen MR) is 79.7 cm³/mol. The van der Waals surface area contributed by atoms with Crippen LogP contribution >= 0.6 is 0 Å². The van der Waals surface area contributed by atoms with Crippen LogP contribution in [0, 0.1) is 0 Å². The van der Waals surface area contributed by atoms with Crippen molar-refractivity contribution in [3.8, 4) is 5.75 Å². The highest BCUT2D eigenvalue weighted by atomic mass is 28.4. The Labute approximate surface area is 117 Å². The quantitative estimate of drug-likeness (QED) is 0.614. The third-order valence-corrected chi connectivity index (χ3v) is 7.88. The Bertz CT molecular complexity index is 447. The molecule has 0 saturated carbocycles. The van der Waals surface area contributed by atoms with Gasteiger partial charge in [0.05, 0.1) is 0 Å². The zero-order valence-corrected chi connectivity index (χ0v) is 13.7. The fourth-order valence-electron chi connectivity index (χ4n) is 1.33. The van der Waals surface area contributed by atoms with E-state index in [9.17, 15) is 4.79 Å². The fraction of sp³-hybridized carbons (Fsp3) is 0.533. The molecule has 106 valence electrons. The van der Waals surface area contributed by atoms with Crippen molar-refractivity contribution in [1.29, 1.82) is 0 Å². The lowest BCUT2D eigenvalue weighted by molar-refractivity contribution is -0.142. The molecule has 0 amide bonds. The standard InChI is InChI=1S/C15H24O3Si/c1-12(16)17-11-13-8-7-9-14(10-13)18-19(5,6)15(2,3)4/h7-10H,11H2,1-6H3. The SMILES string of the molecule is CC(=O)OCc1cccc(O[Si](C)(C)C(C)(C)C)c1. The smallest absolute Gasteiger partial charge is 0.302 e. The number of rotatable bonds is 4. The lowest BCUT2D eigenvalue weighted by Crippen LogP contribution is -2.43. The number of hydrogen-bond acceptors (Lipinski definition) is 3. The van der Waals surface area contributed by atoms with Crippen LogP contribution in [0.15, 0.2) is 24.3 Å². The summed E-state index contributed by atoms with van der Waals surface area (Å²) >= 11 is 0. The molecule has 0 saturated heterocycles. The number of carbonyl (C=O) groups is 1. The largest absolute Gasteiger partial charge is 0.543 e. The zero-order valence-electron chi connectivity index (χ0n) is 12.7. The van der Waals surface area contributed by atoms with Crippen LogP contribution < -0.4 is 4.43 Å². The van der Waals surface area contributed by atoms with E-state index >= 15 is 0 Å². The van der Waals surface area contributed by atoms with E-state index in [-0.39, 0.29) is 11.0 Å². The summed E-state index contributed by atoms with van der Waals surface area (Å²) < 4.78 is 11.2. The molecular weight excluding hydrogens is 256 g/mol. The molecule has 0 aliphatic rings. The number of benzene rings is 1. The first-order valence-electron chi connectivity index (χ1n) is 6.53. The maximum absolute atomic E-state index is 10.8. The second kappa shape index (κ2) is 5.78. The van der Waals surface area contributed by atoms with Crippen LogP contribution in [-0.2, 0) is 16.1 Å². The first-order chi connectivity index (χ1) is 8.62. The number of hydrogen-bond donors (Lipinski definition) is 0. The Morgan fingerprint density at radius 1 is 1.26 bits per heavy atom. The van der Waals surface area contributed by atoms with E-state index in [1.165, 1.54) is 6.92 Å². The van der Waals surface area contributed by atoms with Crippen LogP contribution in [-0.4, -0.2) is 14.3 Å². The minimum absolute atomic E-state index is 0.166. The molecule has 1 aromatic carbocycles. The summed E-state index contributed by atoms with van der Waals surface area (Å²) in [4.78, 5) is 10.8. The molecule has 0 radical (unpaired) electrons. The van der Waals surface area contributed by atoms with Crippen molar-refractivity contribution in [1.82, 2.24) is 0 Å². The number of esters is 1. The van der Waals surface area contributed by atoms with Crippen molar-refractivity contribution in [3.63, 3.8) is 0 Å². The van der Waals surface area contributed by atoms with Gasteiger partial charge in [-0.25, -0.2) is 0 Å². The van der Waals surface area contributed by atoms with Gasteiger partial charge in [-0.05, 0) is 35.8 Å². The summed E-state index contributed by atoms with van der Waals surface area (Å²) in [6.45, 7) is 12.8. The van der Waals surface area contributed by atoms with Crippen LogP contribution in [0.2, 0.25) is 18.1 Å². The lowest BCUT2D eigenvalue weighted by atomic mass is 10.2. The van der Waals surface area contributed by atoms with E-state index in [1.807, 2.05) is 24.3 Å². The van der Waals surface area contributed by atoms with E-state index in [0.29, 0.717) is 6.61 Å². The topological polar surface area (TPSA) is 35.5 Å². The van der Waals surface area contributed by atoms with Crippen molar-refractivity contribution in [3.05, 3.63) is 29.8 Å². The Hall–Kier alpha value is -1.29. The van der Waals surface area contributed by atoms with Crippen LogP contribution in [0.5, 0.6) is 5.75 Å². The molecule has 0 heterocycles. The molecule has 0 atom stereocenters. The molecule has 0 aliphatic carbocycles. The summed E-state index contributed by atoms with van der Waals surface area (Å²) in [6.07, 6.45) is 0. The van der Waals surface area contributed by atoms with Gasteiger partial charge < -0.3 is 9.16 Å². The molecule has 4 heteroatoms. The third kappa shape index (κ3) is 4.71. The predicted octanol–water partition coefficient (Wildman–Crippen LogP) is 4.13. The third-order valence-electron chi connectivity index (χ3n) is 3.52. The van der Waals surface area contributed by atoms with Crippen LogP contribution in [0.1, 0.15) is 33.3 Å². The first kappa shape index (κ1) is 15.8. The minimum atomic E-state index is -1.82. The molecule has 1 aromatic rings. The van der Waals surface area contributed by atoms with Gasteiger partial charge in [0.15, 0.2) is 0 Å². The Balaban J connectivity index is 2.80. The van der Waals surface area contributed by atoms with Crippen LogP contribution in [0.3, 0.4) is 0 Å². The van der Waals surface area contributed by atoms with Gasteiger partial charge in [0, 0.05) is 6.92 Å². The van der Waals surface area contributed by atoms with E-state index in [4.69, 9.17) is 9.16 Å². The highest BCUT2D eigenvalue weighted by Crippen LogP contribution is 2.37. The monoisotopic (exact) mass is 280 g/mol. The molecule has 0 fully saturated rings. The molecule has 0 aliphatic heterocycles. The molecular formula is C15H24O3Si. The van der Waals surface area contributed by atoms with Crippen molar-refractivity contribution in [2.24, 2.45) is 0 Å².